The molecule has 0 saturated carbocycles. The minimum atomic E-state index is 0.0729. The van der Waals surface area contributed by atoms with Gasteiger partial charge in [-0.2, -0.15) is 11.3 Å². The summed E-state index contributed by atoms with van der Waals surface area (Å²) in [6, 6.07) is 5.82. The molecule has 2 aromatic heterocycles. The van der Waals surface area contributed by atoms with Crippen LogP contribution in [-0.2, 0) is 11.2 Å². The van der Waals surface area contributed by atoms with E-state index in [0.717, 1.165) is 43.2 Å². The van der Waals surface area contributed by atoms with E-state index in [0.29, 0.717) is 13.0 Å². The largest absolute Gasteiger partial charge is 0.355 e. The summed E-state index contributed by atoms with van der Waals surface area (Å²) in [6.45, 7) is 4.70. The molecule has 1 N–H and O–H groups in total. The van der Waals surface area contributed by atoms with Gasteiger partial charge in [-0.15, -0.1) is 11.3 Å². The molecule has 1 fully saturated rings. The van der Waals surface area contributed by atoms with Crippen LogP contribution in [0.4, 0.5) is 0 Å². The average molecular weight is 364 g/mol. The Labute approximate surface area is 149 Å². The highest BCUT2D eigenvalue weighted by molar-refractivity contribution is 7.10. The summed E-state index contributed by atoms with van der Waals surface area (Å²) in [6.07, 6.45) is 0.459. The summed E-state index contributed by atoms with van der Waals surface area (Å²) in [4.78, 5) is 29.4. The summed E-state index contributed by atoms with van der Waals surface area (Å²) < 4.78 is 0. The Morgan fingerprint density at radius 3 is 2.62 bits per heavy atom. The van der Waals surface area contributed by atoms with Crippen molar-refractivity contribution in [2.75, 3.05) is 39.3 Å². The van der Waals surface area contributed by atoms with E-state index in [-0.39, 0.29) is 11.8 Å². The molecule has 0 radical (unpaired) electrons. The van der Waals surface area contributed by atoms with Crippen LogP contribution >= 0.6 is 22.7 Å². The molecule has 24 heavy (non-hydrogen) atoms. The summed E-state index contributed by atoms with van der Waals surface area (Å²) in [5.74, 6) is 0.198. The van der Waals surface area contributed by atoms with Crippen LogP contribution in [0.15, 0.2) is 34.3 Å². The fourth-order valence-corrected chi connectivity index (χ4v) is 4.06. The van der Waals surface area contributed by atoms with Gasteiger partial charge in [0.15, 0.2) is 0 Å². The standard InChI is InChI=1S/C17H21N3O2S2/c21-16(12-15-2-1-10-24-15)18-4-5-19-6-8-20(9-7-19)17(22)14-3-11-23-13-14/h1-3,10-11,13H,4-9,12H2,(H,18,21). The van der Waals surface area contributed by atoms with Gasteiger partial charge in [-0.1, -0.05) is 6.07 Å². The molecule has 3 heterocycles. The lowest BCUT2D eigenvalue weighted by Gasteiger charge is -2.34. The fraction of sp³-hybridized carbons (Fsp3) is 0.412. The van der Waals surface area contributed by atoms with Crippen molar-refractivity contribution in [3.05, 3.63) is 44.8 Å². The van der Waals surface area contributed by atoms with Crippen molar-refractivity contribution in [2.24, 2.45) is 0 Å². The highest BCUT2D eigenvalue weighted by Crippen LogP contribution is 2.12. The van der Waals surface area contributed by atoms with Crippen LogP contribution in [-0.4, -0.2) is 60.9 Å². The number of amides is 2. The van der Waals surface area contributed by atoms with Crippen LogP contribution in [0, 0.1) is 0 Å². The summed E-state index contributed by atoms with van der Waals surface area (Å²) in [5.41, 5.74) is 0.786. The Balaban J connectivity index is 1.34. The molecule has 3 rings (SSSR count). The summed E-state index contributed by atoms with van der Waals surface area (Å²) in [7, 11) is 0. The lowest BCUT2D eigenvalue weighted by molar-refractivity contribution is -0.120. The molecule has 5 nitrogen and oxygen atoms in total. The van der Waals surface area contributed by atoms with Gasteiger partial charge in [0.25, 0.3) is 5.91 Å². The molecule has 1 aliphatic heterocycles. The topological polar surface area (TPSA) is 52.7 Å². The molecule has 2 amide bonds. The third-order valence-electron chi connectivity index (χ3n) is 4.09. The van der Waals surface area contributed by atoms with Crippen molar-refractivity contribution in [1.29, 1.82) is 0 Å². The number of carbonyl (C=O) groups is 2. The van der Waals surface area contributed by atoms with Gasteiger partial charge in [0.1, 0.15) is 0 Å². The molecule has 2 aromatic rings. The van der Waals surface area contributed by atoms with E-state index in [1.54, 1.807) is 22.7 Å². The molecule has 1 saturated heterocycles. The third-order valence-corrected chi connectivity index (χ3v) is 5.65. The van der Waals surface area contributed by atoms with Crippen molar-refractivity contribution >= 4 is 34.5 Å². The minimum Gasteiger partial charge on any atom is -0.355 e. The van der Waals surface area contributed by atoms with Gasteiger partial charge in [-0.25, -0.2) is 0 Å². The number of piperazine rings is 1. The van der Waals surface area contributed by atoms with Gasteiger partial charge in [-0.05, 0) is 22.9 Å². The first-order chi connectivity index (χ1) is 11.7. The maximum absolute atomic E-state index is 12.3. The van der Waals surface area contributed by atoms with E-state index < -0.39 is 0 Å². The van der Waals surface area contributed by atoms with Gasteiger partial charge < -0.3 is 10.2 Å². The zero-order valence-electron chi connectivity index (χ0n) is 13.4. The number of rotatable bonds is 6. The first-order valence-corrected chi connectivity index (χ1v) is 9.87. The highest BCUT2D eigenvalue weighted by Gasteiger charge is 2.22. The number of hydrogen-bond donors (Lipinski definition) is 1. The second-order valence-corrected chi connectivity index (χ2v) is 7.56. The lowest BCUT2D eigenvalue weighted by atomic mass is 10.2. The zero-order chi connectivity index (χ0) is 16.8. The molecular weight excluding hydrogens is 342 g/mol. The molecule has 0 unspecified atom stereocenters. The van der Waals surface area contributed by atoms with Crippen molar-refractivity contribution in [1.82, 2.24) is 15.1 Å². The van der Waals surface area contributed by atoms with Crippen LogP contribution in [0.2, 0.25) is 0 Å². The number of thiophene rings is 2. The Bertz CT molecular complexity index is 647. The smallest absolute Gasteiger partial charge is 0.254 e. The summed E-state index contributed by atoms with van der Waals surface area (Å²) >= 11 is 3.16. The number of carbonyl (C=O) groups excluding carboxylic acids is 2. The maximum atomic E-state index is 12.3. The first-order valence-electron chi connectivity index (χ1n) is 8.05. The molecular formula is C17H21N3O2S2. The zero-order valence-corrected chi connectivity index (χ0v) is 15.1. The van der Waals surface area contributed by atoms with Gasteiger partial charge in [0.2, 0.25) is 5.91 Å². The van der Waals surface area contributed by atoms with E-state index in [9.17, 15) is 9.59 Å². The van der Waals surface area contributed by atoms with Crippen molar-refractivity contribution in [3.63, 3.8) is 0 Å². The molecule has 0 spiro atoms. The highest BCUT2D eigenvalue weighted by atomic mass is 32.1. The van der Waals surface area contributed by atoms with Crippen LogP contribution < -0.4 is 5.32 Å². The predicted octanol–water partition coefficient (Wildman–Crippen LogP) is 1.93. The van der Waals surface area contributed by atoms with Gasteiger partial charge in [-0.3, -0.25) is 14.5 Å². The van der Waals surface area contributed by atoms with E-state index in [4.69, 9.17) is 0 Å². The Morgan fingerprint density at radius 1 is 1.12 bits per heavy atom. The van der Waals surface area contributed by atoms with Crippen LogP contribution in [0.1, 0.15) is 15.2 Å². The molecule has 0 bridgehead atoms. The molecule has 0 aromatic carbocycles. The molecule has 0 atom stereocenters. The van der Waals surface area contributed by atoms with Gasteiger partial charge in [0.05, 0.1) is 12.0 Å². The fourth-order valence-electron chi connectivity index (χ4n) is 2.73. The van der Waals surface area contributed by atoms with Crippen LogP contribution in [0.3, 0.4) is 0 Å². The first kappa shape index (κ1) is 17.1. The molecule has 128 valence electrons. The number of nitrogens with zero attached hydrogens (tertiary/aromatic N) is 2. The predicted molar refractivity (Wildman–Crippen MR) is 97.7 cm³/mol. The molecule has 0 aliphatic carbocycles. The van der Waals surface area contributed by atoms with Gasteiger partial charge in [0, 0.05) is 49.5 Å². The van der Waals surface area contributed by atoms with E-state index in [1.807, 2.05) is 39.2 Å². The Kier molecular flexibility index (Phi) is 6.01. The Morgan fingerprint density at radius 2 is 1.96 bits per heavy atom. The normalized spacial score (nSPS) is 15.4. The Hall–Kier alpha value is -1.70. The van der Waals surface area contributed by atoms with Crippen LogP contribution in [0.5, 0.6) is 0 Å². The molecule has 1 aliphatic rings. The van der Waals surface area contributed by atoms with E-state index in [2.05, 4.69) is 10.2 Å². The second kappa shape index (κ2) is 8.41. The number of hydrogen-bond acceptors (Lipinski definition) is 5. The summed E-state index contributed by atoms with van der Waals surface area (Å²) in [5, 5.41) is 8.79. The lowest BCUT2D eigenvalue weighted by Crippen LogP contribution is -2.50. The van der Waals surface area contributed by atoms with E-state index in [1.165, 1.54) is 0 Å². The quantitative estimate of drug-likeness (QED) is 0.853. The van der Waals surface area contributed by atoms with Crippen molar-refractivity contribution in [2.45, 2.75) is 6.42 Å². The van der Waals surface area contributed by atoms with Crippen LogP contribution in [0.25, 0.3) is 0 Å². The SMILES string of the molecule is O=C(Cc1cccs1)NCCN1CCN(C(=O)c2ccsc2)CC1. The molecule has 7 heteroatoms. The monoisotopic (exact) mass is 363 g/mol. The average Bonchev–Trinajstić information content (AvgIpc) is 3.28. The third kappa shape index (κ3) is 4.66. The maximum Gasteiger partial charge on any atom is 0.254 e. The second-order valence-electron chi connectivity index (χ2n) is 5.75. The van der Waals surface area contributed by atoms with Crippen molar-refractivity contribution in [3.8, 4) is 0 Å². The van der Waals surface area contributed by atoms with Crippen molar-refractivity contribution < 1.29 is 9.59 Å². The van der Waals surface area contributed by atoms with E-state index >= 15 is 0 Å². The minimum absolute atomic E-state index is 0.0729. The van der Waals surface area contributed by atoms with Gasteiger partial charge >= 0.3 is 0 Å². The number of nitrogens with one attached hydrogen (secondary N) is 1.